The molecule has 2 heterocycles. The van der Waals surface area contributed by atoms with Crippen LogP contribution in [-0.4, -0.2) is 48.2 Å². The van der Waals surface area contributed by atoms with Crippen LogP contribution in [0.5, 0.6) is 0 Å². The molecule has 0 spiro atoms. The fourth-order valence-corrected chi connectivity index (χ4v) is 3.50. The zero-order chi connectivity index (χ0) is 22.1. The molecule has 0 aliphatic carbocycles. The van der Waals surface area contributed by atoms with Crippen LogP contribution in [0.3, 0.4) is 0 Å². The number of hydrogen-bond donors (Lipinski definition) is 2. The number of urea groups is 1. The van der Waals surface area contributed by atoms with Gasteiger partial charge in [-0.15, -0.1) is 0 Å². The minimum Gasteiger partial charge on any atom is -0.329 e. The van der Waals surface area contributed by atoms with Crippen LogP contribution in [0.15, 0.2) is 47.6 Å². The smallest absolute Gasteiger partial charge is 0.329 e. The van der Waals surface area contributed by atoms with Crippen LogP contribution in [0.2, 0.25) is 0 Å². The van der Waals surface area contributed by atoms with Gasteiger partial charge in [-0.25, -0.2) is 18.2 Å². The molecule has 0 unspecified atom stereocenters. The van der Waals surface area contributed by atoms with Gasteiger partial charge in [-0.3, -0.25) is 14.5 Å². The summed E-state index contributed by atoms with van der Waals surface area (Å²) >= 11 is 0. The first-order valence-corrected chi connectivity index (χ1v) is 9.74. The molecular weight excluding hydrogens is 429 g/mol. The number of alkyl halides is 3. The molecule has 1 aromatic carbocycles. The summed E-state index contributed by atoms with van der Waals surface area (Å²) < 4.78 is 62.0. The molecule has 0 radical (unpaired) electrons. The van der Waals surface area contributed by atoms with Gasteiger partial charge in [-0.1, -0.05) is 12.1 Å². The van der Waals surface area contributed by atoms with Crippen molar-refractivity contribution in [3.8, 4) is 0 Å². The summed E-state index contributed by atoms with van der Waals surface area (Å²) in [6.07, 6.45) is 0.828. The van der Waals surface area contributed by atoms with E-state index in [-0.39, 0.29) is 18.8 Å². The summed E-state index contributed by atoms with van der Waals surface area (Å²) in [5, 5.41) is 3.24. The maximum absolute atomic E-state index is 12.9. The third kappa shape index (κ3) is 4.10. The lowest BCUT2D eigenvalue weighted by Gasteiger charge is -2.14. The van der Waals surface area contributed by atoms with E-state index in [9.17, 15) is 36.0 Å². The van der Waals surface area contributed by atoms with E-state index in [1.165, 1.54) is 18.2 Å². The van der Waals surface area contributed by atoms with Crippen LogP contribution in [-0.2, 0) is 21.2 Å². The molecule has 0 bridgehead atoms. The predicted octanol–water partition coefficient (Wildman–Crippen LogP) is 1.68. The first-order valence-electron chi connectivity index (χ1n) is 8.25. The maximum Gasteiger partial charge on any atom is 0.503 e. The van der Waals surface area contributed by atoms with Crippen LogP contribution in [0, 0.1) is 0 Å². The van der Waals surface area contributed by atoms with Crippen molar-refractivity contribution in [3.05, 3.63) is 53.7 Å². The summed E-state index contributed by atoms with van der Waals surface area (Å²) in [5.41, 5.74) is -5.84. The standard InChI is InChI=1S/C17H13F3N4O5S/c18-17(19,20)30(28,29)15-12(5-2-6-21-15)14(26)23-11-4-1-3-10(7-11)9-24-13(25)8-22-16(24)27/h1-7H,8-9H2,(H,22,27)(H,23,26). The number of anilines is 1. The summed E-state index contributed by atoms with van der Waals surface area (Å²) in [4.78, 5) is 39.9. The molecule has 3 rings (SSSR count). The molecule has 4 amide bonds. The average molecular weight is 442 g/mol. The summed E-state index contributed by atoms with van der Waals surface area (Å²) in [7, 11) is -5.84. The van der Waals surface area contributed by atoms with Gasteiger partial charge in [0.05, 0.1) is 18.7 Å². The van der Waals surface area contributed by atoms with Crippen LogP contribution in [0.25, 0.3) is 0 Å². The van der Waals surface area contributed by atoms with E-state index >= 15 is 0 Å². The van der Waals surface area contributed by atoms with Crippen LogP contribution in [0.4, 0.5) is 23.7 Å². The number of halogens is 3. The number of sulfone groups is 1. The highest BCUT2D eigenvalue weighted by Crippen LogP contribution is 2.31. The quantitative estimate of drug-likeness (QED) is 0.679. The van der Waals surface area contributed by atoms with Gasteiger partial charge >= 0.3 is 11.5 Å². The van der Waals surface area contributed by atoms with Crippen LogP contribution >= 0.6 is 0 Å². The number of carbonyl (C=O) groups is 3. The molecule has 1 aromatic heterocycles. The van der Waals surface area contributed by atoms with Crippen molar-refractivity contribution < 1.29 is 36.0 Å². The monoisotopic (exact) mass is 442 g/mol. The zero-order valence-electron chi connectivity index (χ0n) is 14.9. The van der Waals surface area contributed by atoms with E-state index in [4.69, 9.17) is 0 Å². The molecule has 1 fully saturated rings. The van der Waals surface area contributed by atoms with Gasteiger partial charge in [0, 0.05) is 11.9 Å². The lowest BCUT2D eigenvalue weighted by atomic mass is 10.1. The number of benzene rings is 1. The highest BCUT2D eigenvalue weighted by molar-refractivity contribution is 7.92. The van der Waals surface area contributed by atoms with Crippen molar-refractivity contribution >= 4 is 33.4 Å². The van der Waals surface area contributed by atoms with Crippen molar-refractivity contribution in [1.82, 2.24) is 15.2 Å². The molecule has 0 atom stereocenters. The Hall–Kier alpha value is -3.48. The SMILES string of the molecule is O=C(Nc1cccc(CN2C(=O)CNC2=O)c1)c1cccnc1S(=O)(=O)C(F)(F)F. The Labute approximate surface area is 167 Å². The Bertz CT molecular complexity index is 1120. The van der Waals surface area contributed by atoms with Gasteiger partial charge in [0.25, 0.3) is 15.7 Å². The second kappa shape index (κ2) is 7.74. The number of aromatic nitrogens is 1. The zero-order valence-corrected chi connectivity index (χ0v) is 15.7. The number of nitrogens with zero attached hydrogens (tertiary/aromatic N) is 2. The van der Waals surface area contributed by atoms with Gasteiger partial charge in [0.1, 0.15) is 0 Å². The molecule has 1 aliphatic heterocycles. The number of rotatable bonds is 5. The molecule has 2 N–H and O–H groups in total. The van der Waals surface area contributed by atoms with Crippen molar-refractivity contribution in [2.45, 2.75) is 17.1 Å². The molecule has 9 nitrogen and oxygen atoms in total. The number of carbonyl (C=O) groups excluding carboxylic acids is 3. The normalized spacial score (nSPS) is 14.6. The minimum absolute atomic E-state index is 0.0883. The van der Waals surface area contributed by atoms with Gasteiger partial charge in [0.2, 0.25) is 5.91 Å². The Morgan fingerprint density at radius 3 is 2.57 bits per heavy atom. The van der Waals surface area contributed by atoms with Crippen molar-refractivity contribution in [2.24, 2.45) is 0 Å². The summed E-state index contributed by atoms with van der Waals surface area (Å²) in [6.45, 7) is -0.221. The largest absolute Gasteiger partial charge is 0.503 e. The second-order valence-corrected chi connectivity index (χ2v) is 7.95. The third-order valence-electron chi connectivity index (χ3n) is 4.04. The number of hydrogen-bond acceptors (Lipinski definition) is 6. The topological polar surface area (TPSA) is 126 Å². The molecule has 13 heteroatoms. The highest BCUT2D eigenvalue weighted by atomic mass is 32.2. The Kier molecular flexibility index (Phi) is 5.48. The first-order chi connectivity index (χ1) is 14.0. The number of amides is 4. The molecular formula is C17H13F3N4O5S. The number of imide groups is 1. The average Bonchev–Trinajstić information content (AvgIpc) is 2.99. The first kappa shape index (κ1) is 21.2. The number of pyridine rings is 1. The van der Waals surface area contributed by atoms with Crippen molar-refractivity contribution in [3.63, 3.8) is 0 Å². The van der Waals surface area contributed by atoms with Crippen LogP contribution in [0.1, 0.15) is 15.9 Å². The molecule has 158 valence electrons. The van der Waals surface area contributed by atoms with Crippen molar-refractivity contribution in [1.29, 1.82) is 0 Å². The molecule has 1 aliphatic rings. The summed E-state index contributed by atoms with van der Waals surface area (Å²) in [5.74, 6) is -1.56. The lowest BCUT2D eigenvalue weighted by molar-refractivity contribution is -0.125. The van der Waals surface area contributed by atoms with E-state index < -0.39 is 43.8 Å². The van der Waals surface area contributed by atoms with E-state index in [0.29, 0.717) is 5.56 Å². The Morgan fingerprint density at radius 2 is 1.93 bits per heavy atom. The van der Waals surface area contributed by atoms with Gasteiger partial charge < -0.3 is 10.6 Å². The molecule has 0 saturated carbocycles. The third-order valence-corrected chi connectivity index (χ3v) is 5.48. The van der Waals surface area contributed by atoms with E-state index in [0.717, 1.165) is 23.2 Å². The maximum atomic E-state index is 12.9. The van der Waals surface area contributed by atoms with E-state index in [1.807, 2.05) is 0 Å². The van der Waals surface area contributed by atoms with Gasteiger partial charge in [-0.05, 0) is 29.8 Å². The summed E-state index contributed by atoms with van der Waals surface area (Å²) in [6, 6.07) is 7.30. The molecule has 1 saturated heterocycles. The van der Waals surface area contributed by atoms with Crippen molar-refractivity contribution in [2.75, 3.05) is 11.9 Å². The number of nitrogens with one attached hydrogen (secondary N) is 2. The minimum atomic E-state index is -5.84. The second-order valence-electron chi connectivity index (χ2n) is 6.10. The fraction of sp³-hybridized carbons (Fsp3) is 0.176. The highest BCUT2D eigenvalue weighted by Gasteiger charge is 2.49. The van der Waals surface area contributed by atoms with E-state index in [1.54, 1.807) is 6.07 Å². The van der Waals surface area contributed by atoms with Crippen LogP contribution < -0.4 is 10.6 Å². The molecule has 2 aromatic rings. The molecule has 30 heavy (non-hydrogen) atoms. The van der Waals surface area contributed by atoms with Gasteiger partial charge in [0.15, 0.2) is 5.03 Å². The van der Waals surface area contributed by atoms with E-state index in [2.05, 4.69) is 15.6 Å². The van der Waals surface area contributed by atoms with Gasteiger partial charge in [-0.2, -0.15) is 13.2 Å². The Morgan fingerprint density at radius 1 is 1.20 bits per heavy atom. The lowest BCUT2D eigenvalue weighted by Crippen LogP contribution is -2.30. The predicted molar refractivity (Wildman–Crippen MR) is 95.8 cm³/mol. The fourth-order valence-electron chi connectivity index (χ4n) is 2.63. The Balaban J connectivity index is 1.84.